The summed E-state index contributed by atoms with van der Waals surface area (Å²) in [5, 5.41) is 2.87. The number of carbonyl (C=O) groups is 2. The van der Waals surface area contributed by atoms with E-state index in [1.54, 1.807) is 26.6 Å². The lowest BCUT2D eigenvalue weighted by molar-refractivity contribution is 0.0240. The molecule has 0 spiro atoms. The molecule has 5 heterocycles. The van der Waals surface area contributed by atoms with Crippen LogP contribution >= 0.6 is 0 Å². The average Bonchev–Trinajstić information content (AvgIpc) is 3.45. The summed E-state index contributed by atoms with van der Waals surface area (Å²) >= 11 is 0. The smallest absolute Gasteiger partial charge is 0.410 e. The summed E-state index contributed by atoms with van der Waals surface area (Å²) in [5.74, 6) is 1.32. The van der Waals surface area contributed by atoms with E-state index in [1.807, 2.05) is 40.0 Å². The molecule has 0 atom stereocenters. The first kappa shape index (κ1) is 24.6. The summed E-state index contributed by atoms with van der Waals surface area (Å²) in [4.78, 5) is 44.6. The van der Waals surface area contributed by atoms with Gasteiger partial charge in [0.15, 0.2) is 5.82 Å². The number of carbonyl (C=O) groups excluding carboxylic acids is 2. The van der Waals surface area contributed by atoms with Crippen LogP contribution in [0.2, 0.25) is 0 Å². The van der Waals surface area contributed by atoms with E-state index >= 15 is 0 Å². The molecule has 37 heavy (non-hydrogen) atoms. The molecule has 12 nitrogen and oxygen atoms in total. The highest BCUT2D eigenvalue weighted by atomic mass is 16.6. The molecule has 0 radical (unpaired) electrons. The number of imidazole rings is 1. The minimum Gasteiger partial charge on any atom is -0.478 e. The van der Waals surface area contributed by atoms with Gasteiger partial charge in [-0.3, -0.25) is 14.6 Å². The summed E-state index contributed by atoms with van der Waals surface area (Å²) in [6, 6.07) is 1.66. The van der Waals surface area contributed by atoms with Crippen molar-refractivity contribution in [3.63, 3.8) is 0 Å². The number of pyridine rings is 1. The van der Waals surface area contributed by atoms with Crippen molar-refractivity contribution < 1.29 is 19.1 Å². The van der Waals surface area contributed by atoms with Crippen molar-refractivity contribution in [2.24, 2.45) is 0 Å². The molecular formula is C25H32N8O4. The van der Waals surface area contributed by atoms with Gasteiger partial charge in [0.2, 0.25) is 5.65 Å². The van der Waals surface area contributed by atoms with E-state index in [0.29, 0.717) is 62.3 Å². The summed E-state index contributed by atoms with van der Waals surface area (Å²) in [7, 11) is 1.52. The van der Waals surface area contributed by atoms with Crippen LogP contribution < -0.4 is 19.9 Å². The molecule has 2 aliphatic rings. The fraction of sp³-hybridized carbons (Fsp3) is 0.480. The number of aromatic nitrogens is 4. The zero-order chi connectivity index (χ0) is 26.3. The lowest BCUT2D eigenvalue weighted by Gasteiger charge is -2.37. The first-order valence-corrected chi connectivity index (χ1v) is 12.3. The quantitative estimate of drug-likeness (QED) is 0.574. The first-order valence-electron chi connectivity index (χ1n) is 12.3. The van der Waals surface area contributed by atoms with Crippen molar-refractivity contribution in [2.75, 3.05) is 55.0 Å². The number of ether oxygens (including phenoxy) is 2. The maximum absolute atomic E-state index is 13.2. The molecule has 0 unspecified atom stereocenters. The molecule has 0 aromatic carbocycles. The van der Waals surface area contributed by atoms with Gasteiger partial charge in [0, 0.05) is 56.4 Å². The minimum absolute atomic E-state index is 0.288. The number of amides is 3. The van der Waals surface area contributed by atoms with Crippen molar-refractivity contribution in [1.82, 2.24) is 24.3 Å². The van der Waals surface area contributed by atoms with Crippen molar-refractivity contribution in [3.8, 4) is 5.88 Å². The molecule has 2 aliphatic heterocycles. The van der Waals surface area contributed by atoms with Crippen LogP contribution in [0.15, 0.2) is 24.7 Å². The topological polar surface area (TPSA) is 117 Å². The molecule has 5 rings (SSSR count). The molecule has 196 valence electrons. The molecular weight excluding hydrogens is 476 g/mol. The van der Waals surface area contributed by atoms with Gasteiger partial charge in [-0.2, -0.15) is 4.98 Å². The highest BCUT2D eigenvalue weighted by molar-refractivity contribution is 6.02. The second-order valence-corrected chi connectivity index (χ2v) is 10.2. The minimum atomic E-state index is -0.520. The van der Waals surface area contributed by atoms with Crippen LogP contribution in [-0.2, 0) is 11.2 Å². The molecule has 1 N–H and O–H groups in total. The lowest BCUT2D eigenvalue weighted by Crippen LogP contribution is -2.50. The Kier molecular flexibility index (Phi) is 6.26. The lowest BCUT2D eigenvalue weighted by atomic mass is 10.1. The zero-order valence-electron chi connectivity index (χ0n) is 21.8. The van der Waals surface area contributed by atoms with Crippen LogP contribution in [0, 0.1) is 6.92 Å². The number of urea groups is 1. The summed E-state index contributed by atoms with van der Waals surface area (Å²) in [6.45, 7) is 10.5. The van der Waals surface area contributed by atoms with Crippen molar-refractivity contribution in [2.45, 2.75) is 39.7 Å². The van der Waals surface area contributed by atoms with Crippen molar-refractivity contribution in [1.29, 1.82) is 0 Å². The van der Waals surface area contributed by atoms with Crippen LogP contribution in [-0.4, -0.2) is 81.8 Å². The Labute approximate surface area is 215 Å². The van der Waals surface area contributed by atoms with Gasteiger partial charge in [0.1, 0.15) is 11.4 Å². The average molecular weight is 509 g/mol. The number of methoxy groups -OCH3 is 1. The standard InChI is InChI=1S/C25H32N8O4/c1-16-14-32-15-19(28-22(36-5)21(32)27-16)29-23(34)33-9-7-17-18(6-8-26-20(17)33)30-10-12-31(13-11-30)24(35)37-25(2,3)4/h6,8,14-15H,7,9-13H2,1-5H3,(H,29,34). The monoisotopic (exact) mass is 508 g/mol. The Morgan fingerprint density at radius 3 is 2.51 bits per heavy atom. The van der Waals surface area contributed by atoms with Gasteiger partial charge in [-0.1, -0.05) is 0 Å². The van der Waals surface area contributed by atoms with E-state index < -0.39 is 5.60 Å². The first-order chi connectivity index (χ1) is 17.6. The molecule has 3 amide bonds. The zero-order valence-corrected chi connectivity index (χ0v) is 21.8. The summed E-state index contributed by atoms with van der Waals surface area (Å²) in [5.41, 5.74) is 2.95. The largest absolute Gasteiger partial charge is 0.478 e. The van der Waals surface area contributed by atoms with E-state index in [2.05, 4.69) is 25.2 Å². The van der Waals surface area contributed by atoms with Gasteiger partial charge < -0.3 is 19.3 Å². The Morgan fingerprint density at radius 2 is 1.81 bits per heavy atom. The fourth-order valence-electron chi connectivity index (χ4n) is 4.69. The molecule has 0 aliphatic carbocycles. The number of hydrogen-bond acceptors (Lipinski definition) is 8. The highest BCUT2D eigenvalue weighted by Gasteiger charge is 2.32. The third-order valence-electron chi connectivity index (χ3n) is 6.32. The molecule has 3 aromatic rings. The van der Waals surface area contributed by atoms with E-state index in [4.69, 9.17) is 9.47 Å². The Hall–Kier alpha value is -4.09. The van der Waals surface area contributed by atoms with Gasteiger partial charge in [0.05, 0.1) is 19.0 Å². The normalized spacial score (nSPS) is 15.6. The second-order valence-electron chi connectivity index (χ2n) is 10.2. The SMILES string of the molecule is COc1nc(NC(=O)N2CCc3c(N4CCN(C(=O)OC(C)(C)C)CC4)ccnc32)cn2cc(C)nc12. The summed E-state index contributed by atoms with van der Waals surface area (Å²) < 4.78 is 12.7. The number of nitrogens with zero attached hydrogens (tertiary/aromatic N) is 7. The Balaban J connectivity index is 1.29. The van der Waals surface area contributed by atoms with Crippen molar-refractivity contribution in [3.05, 3.63) is 35.9 Å². The Morgan fingerprint density at radius 1 is 1.05 bits per heavy atom. The van der Waals surface area contributed by atoms with Crippen LogP contribution in [0.1, 0.15) is 32.0 Å². The number of rotatable bonds is 3. The number of aryl methyl sites for hydroxylation is 1. The third-order valence-corrected chi connectivity index (χ3v) is 6.32. The molecule has 0 bridgehead atoms. The fourth-order valence-corrected chi connectivity index (χ4v) is 4.69. The van der Waals surface area contributed by atoms with E-state index in [-0.39, 0.29) is 12.1 Å². The predicted octanol–water partition coefficient (Wildman–Crippen LogP) is 3.09. The molecule has 1 fully saturated rings. The Bertz CT molecular complexity index is 1340. The number of nitrogens with one attached hydrogen (secondary N) is 1. The highest BCUT2D eigenvalue weighted by Crippen LogP contribution is 2.34. The molecule has 1 saturated heterocycles. The maximum atomic E-state index is 13.2. The van der Waals surface area contributed by atoms with E-state index in [1.165, 1.54) is 7.11 Å². The van der Waals surface area contributed by atoms with Gasteiger partial charge in [-0.25, -0.2) is 19.6 Å². The number of piperazine rings is 1. The second kappa shape index (κ2) is 9.41. The van der Waals surface area contributed by atoms with E-state index in [0.717, 1.165) is 16.9 Å². The number of fused-ring (bicyclic) bond motifs is 2. The van der Waals surface area contributed by atoms with Crippen LogP contribution in [0.3, 0.4) is 0 Å². The molecule has 0 saturated carbocycles. The molecule has 12 heteroatoms. The van der Waals surface area contributed by atoms with Gasteiger partial charge in [-0.05, 0) is 40.2 Å². The number of hydrogen-bond donors (Lipinski definition) is 1. The third kappa shape index (κ3) is 4.95. The van der Waals surface area contributed by atoms with Crippen LogP contribution in [0.5, 0.6) is 5.88 Å². The summed E-state index contributed by atoms with van der Waals surface area (Å²) in [6.07, 6.45) is 5.68. The van der Waals surface area contributed by atoms with E-state index in [9.17, 15) is 9.59 Å². The van der Waals surface area contributed by atoms with Crippen LogP contribution in [0.4, 0.5) is 26.9 Å². The number of anilines is 3. The maximum Gasteiger partial charge on any atom is 0.410 e. The van der Waals surface area contributed by atoms with Crippen molar-refractivity contribution >= 4 is 35.1 Å². The van der Waals surface area contributed by atoms with Gasteiger partial charge in [0.25, 0.3) is 5.88 Å². The van der Waals surface area contributed by atoms with Gasteiger partial charge >= 0.3 is 12.1 Å². The predicted molar refractivity (Wildman–Crippen MR) is 139 cm³/mol. The van der Waals surface area contributed by atoms with Crippen LogP contribution in [0.25, 0.3) is 5.65 Å². The molecule has 3 aromatic heterocycles. The van der Waals surface area contributed by atoms with Gasteiger partial charge in [-0.15, -0.1) is 0 Å².